The summed E-state index contributed by atoms with van der Waals surface area (Å²) in [6.07, 6.45) is 7.23. The van der Waals surface area contributed by atoms with Crippen LogP contribution in [0.2, 0.25) is 0 Å². The number of rotatable bonds is 6. The summed E-state index contributed by atoms with van der Waals surface area (Å²) in [5.74, 6) is 1.53. The topological polar surface area (TPSA) is 68.4 Å². The predicted molar refractivity (Wildman–Crippen MR) is 100 cm³/mol. The van der Waals surface area contributed by atoms with Crippen molar-refractivity contribution in [1.29, 1.82) is 0 Å². The molecule has 3 rings (SSSR count). The Morgan fingerprint density at radius 2 is 2.08 bits per heavy atom. The molecule has 3 heterocycles. The maximum absolute atomic E-state index is 12.2. The Morgan fingerprint density at radius 3 is 2.85 bits per heavy atom. The van der Waals surface area contributed by atoms with Crippen LogP contribution in [0, 0.1) is 0 Å². The lowest BCUT2D eigenvalue weighted by Crippen LogP contribution is -2.47. The summed E-state index contributed by atoms with van der Waals surface area (Å²) in [6.45, 7) is 8.13. The first-order valence-corrected chi connectivity index (χ1v) is 9.04. The lowest BCUT2D eigenvalue weighted by molar-refractivity contribution is -0.0276. The van der Waals surface area contributed by atoms with E-state index in [9.17, 15) is 4.79 Å². The fourth-order valence-corrected chi connectivity index (χ4v) is 3.31. The van der Waals surface area contributed by atoms with Gasteiger partial charge in [-0.1, -0.05) is 0 Å². The van der Waals surface area contributed by atoms with Gasteiger partial charge in [0.25, 0.3) is 5.56 Å². The third-order valence-corrected chi connectivity index (χ3v) is 4.73. The van der Waals surface area contributed by atoms with E-state index < -0.39 is 0 Å². The van der Waals surface area contributed by atoms with Crippen molar-refractivity contribution in [2.45, 2.75) is 32.5 Å². The molecule has 0 aliphatic carbocycles. The van der Waals surface area contributed by atoms with Gasteiger partial charge in [0.05, 0.1) is 19.3 Å². The zero-order valence-electron chi connectivity index (χ0n) is 16.0. The molecule has 0 saturated carbocycles. The second-order valence-corrected chi connectivity index (χ2v) is 7.12. The monoisotopic (exact) mass is 360 g/mol. The van der Waals surface area contributed by atoms with E-state index in [1.165, 1.54) is 0 Å². The van der Waals surface area contributed by atoms with Crippen molar-refractivity contribution < 1.29 is 4.74 Å². The molecule has 8 nitrogen and oxygen atoms in total. The third-order valence-electron chi connectivity index (χ3n) is 4.73. The van der Waals surface area contributed by atoms with Crippen LogP contribution >= 0.6 is 0 Å². The number of ether oxygens (including phenoxy) is 1. The Balaban J connectivity index is 1.62. The molecule has 0 radical (unpaired) electrons. The summed E-state index contributed by atoms with van der Waals surface area (Å²) in [6, 6.07) is 0.399. The molecule has 0 spiro atoms. The van der Waals surface area contributed by atoms with Gasteiger partial charge in [-0.15, -0.1) is 0 Å². The number of anilines is 1. The number of morpholine rings is 1. The molecular formula is C18H28N6O2. The lowest BCUT2D eigenvalue weighted by Gasteiger charge is -2.34. The summed E-state index contributed by atoms with van der Waals surface area (Å²) < 4.78 is 9.66. The smallest absolute Gasteiger partial charge is 0.293 e. The highest BCUT2D eigenvalue weighted by atomic mass is 16.5. The van der Waals surface area contributed by atoms with Crippen molar-refractivity contribution in [2.75, 3.05) is 38.2 Å². The molecule has 1 saturated heterocycles. The van der Waals surface area contributed by atoms with Crippen molar-refractivity contribution in [3.8, 4) is 0 Å². The van der Waals surface area contributed by atoms with Crippen molar-refractivity contribution in [1.82, 2.24) is 24.0 Å². The molecule has 1 aliphatic heterocycles. The average molecular weight is 360 g/mol. The molecule has 0 aromatic carbocycles. The lowest BCUT2D eigenvalue weighted by atomic mass is 10.2. The Labute approximate surface area is 154 Å². The van der Waals surface area contributed by atoms with Crippen LogP contribution in [0.3, 0.4) is 0 Å². The minimum atomic E-state index is -0.0957. The highest BCUT2D eigenvalue weighted by Gasteiger charge is 2.24. The van der Waals surface area contributed by atoms with E-state index in [0.29, 0.717) is 25.0 Å². The maximum Gasteiger partial charge on any atom is 0.293 e. The Bertz CT molecular complexity index is 784. The van der Waals surface area contributed by atoms with Crippen LogP contribution in [-0.4, -0.2) is 63.4 Å². The van der Waals surface area contributed by atoms with Crippen LogP contribution in [-0.2, 0) is 18.3 Å². The van der Waals surface area contributed by atoms with E-state index in [0.717, 1.165) is 25.5 Å². The van der Waals surface area contributed by atoms with Crippen LogP contribution < -0.4 is 10.5 Å². The first-order valence-electron chi connectivity index (χ1n) is 9.04. The Morgan fingerprint density at radius 1 is 1.31 bits per heavy atom. The van der Waals surface area contributed by atoms with Gasteiger partial charge in [-0.25, -0.2) is 9.97 Å². The second-order valence-electron chi connectivity index (χ2n) is 7.12. The molecule has 0 amide bonds. The van der Waals surface area contributed by atoms with Crippen LogP contribution in [0.5, 0.6) is 0 Å². The molecule has 8 heteroatoms. The quantitative estimate of drug-likeness (QED) is 0.762. The molecule has 1 fully saturated rings. The van der Waals surface area contributed by atoms with E-state index in [2.05, 4.69) is 33.3 Å². The molecule has 1 unspecified atom stereocenters. The van der Waals surface area contributed by atoms with Crippen LogP contribution in [0.15, 0.2) is 29.6 Å². The van der Waals surface area contributed by atoms with E-state index in [1.807, 2.05) is 24.3 Å². The number of aryl methyl sites for hydroxylation is 1. The first-order chi connectivity index (χ1) is 12.5. The van der Waals surface area contributed by atoms with Gasteiger partial charge in [0.2, 0.25) is 0 Å². The van der Waals surface area contributed by atoms with Gasteiger partial charge in [-0.05, 0) is 13.8 Å². The Kier molecular flexibility index (Phi) is 5.73. The van der Waals surface area contributed by atoms with Gasteiger partial charge in [0, 0.05) is 64.6 Å². The summed E-state index contributed by atoms with van der Waals surface area (Å²) in [5.41, 5.74) is -0.0957. The largest absolute Gasteiger partial charge is 0.374 e. The highest BCUT2D eigenvalue weighted by Crippen LogP contribution is 2.14. The highest BCUT2D eigenvalue weighted by molar-refractivity contribution is 5.34. The van der Waals surface area contributed by atoms with Crippen LogP contribution in [0.4, 0.5) is 5.82 Å². The standard InChI is InChI=1S/C18H28N6O2/c1-14(2)24-8-6-19-16(24)13-23-9-10-26-15(12-23)11-22(4)17-18(25)21(3)7-5-20-17/h5-8,14-15H,9-13H2,1-4H3. The SMILES string of the molecule is CC(C)n1ccnc1CN1CCOC(CN(C)c2nccn(C)c2=O)C1. The molecule has 1 aliphatic rings. The number of hydrogen-bond donors (Lipinski definition) is 0. The van der Waals surface area contributed by atoms with E-state index in [-0.39, 0.29) is 11.7 Å². The van der Waals surface area contributed by atoms with Crippen LogP contribution in [0.1, 0.15) is 25.7 Å². The molecule has 0 N–H and O–H groups in total. The van der Waals surface area contributed by atoms with Gasteiger partial charge in [0.1, 0.15) is 5.82 Å². The van der Waals surface area contributed by atoms with E-state index in [4.69, 9.17) is 4.74 Å². The number of hydrogen-bond acceptors (Lipinski definition) is 6. The molecule has 2 aromatic heterocycles. The predicted octanol–water partition coefficient (Wildman–Crippen LogP) is 0.895. The third kappa shape index (κ3) is 4.13. The van der Waals surface area contributed by atoms with Crippen LogP contribution in [0.25, 0.3) is 0 Å². The average Bonchev–Trinajstić information content (AvgIpc) is 3.06. The zero-order chi connectivity index (χ0) is 18.7. The molecule has 1 atom stereocenters. The molecule has 0 bridgehead atoms. The van der Waals surface area contributed by atoms with Crippen molar-refractivity contribution in [2.24, 2.45) is 7.05 Å². The number of likely N-dealkylation sites (N-methyl/N-ethyl adjacent to an activating group) is 1. The summed E-state index contributed by atoms with van der Waals surface area (Å²) in [4.78, 5) is 25.2. The zero-order valence-corrected chi connectivity index (χ0v) is 16.0. The van der Waals surface area contributed by atoms with E-state index in [1.54, 1.807) is 24.0 Å². The molecule has 2 aromatic rings. The Hall–Kier alpha value is -2.19. The molecular weight excluding hydrogens is 332 g/mol. The van der Waals surface area contributed by atoms with Gasteiger partial charge >= 0.3 is 0 Å². The molecule has 142 valence electrons. The van der Waals surface area contributed by atoms with Gasteiger partial charge < -0.3 is 18.8 Å². The summed E-state index contributed by atoms with van der Waals surface area (Å²) in [7, 11) is 3.62. The normalized spacial score (nSPS) is 18.4. The molecule has 26 heavy (non-hydrogen) atoms. The first kappa shape index (κ1) is 18.6. The summed E-state index contributed by atoms with van der Waals surface area (Å²) in [5, 5.41) is 0. The number of imidazole rings is 1. The fourth-order valence-electron chi connectivity index (χ4n) is 3.31. The number of aromatic nitrogens is 4. The minimum Gasteiger partial charge on any atom is -0.374 e. The maximum atomic E-state index is 12.2. The van der Waals surface area contributed by atoms with Crippen molar-refractivity contribution in [3.05, 3.63) is 41.0 Å². The summed E-state index contributed by atoms with van der Waals surface area (Å²) >= 11 is 0. The number of nitrogens with zero attached hydrogens (tertiary/aromatic N) is 6. The van der Waals surface area contributed by atoms with E-state index >= 15 is 0 Å². The van der Waals surface area contributed by atoms with Gasteiger partial charge in [0.15, 0.2) is 5.82 Å². The van der Waals surface area contributed by atoms with Crippen molar-refractivity contribution in [3.63, 3.8) is 0 Å². The fraction of sp³-hybridized carbons (Fsp3) is 0.611. The van der Waals surface area contributed by atoms with Gasteiger partial charge in [-0.2, -0.15) is 0 Å². The van der Waals surface area contributed by atoms with Crippen molar-refractivity contribution >= 4 is 5.82 Å². The second kappa shape index (κ2) is 8.01. The minimum absolute atomic E-state index is 0.0305. The van der Waals surface area contributed by atoms with Gasteiger partial charge in [-0.3, -0.25) is 9.69 Å².